The summed E-state index contributed by atoms with van der Waals surface area (Å²) in [6, 6.07) is 0. The number of esters is 1. The molecule has 2 aliphatic heterocycles. The average molecular weight is 671 g/mol. The first-order valence-corrected chi connectivity index (χ1v) is 16.2. The summed E-state index contributed by atoms with van der Waals surface area (Å²) in [7, 11) is 0. The van der Waals surface area contributed by atoms with Crippen molar-refractivity contribution < 1.29 is 79.2 Å². The molecule has 12 atom stereocenters. The lowest BCUT2D eigenvalue weighted by Gasteiger charge is -2.46. The molecule has 270 valence electrons. The number of carboxylic acids is 1. The van der Waals surface area contributed by atoms with Gasteiger partial charge in [0.15, 0.2) is 12.6 Å². The lowest BCUT2D eigenvalue weighted by molar-refractivity contribution is -0.360. The molecular weight excluding hydrogens is 616 g/mol. The number of hydrogen-bond acceptors (Lipinski definition) is 15. The zero-order valence-corrected chi connectivity index (χ0v) is 26.4. The Kier molecular flexibility index (Phi) is 18.9. The molecule has 2 heterocycles. The molecule has 2 saturated heterocycles. The summed E-state index contributed by atoms with van der Waals surface area (Å²) >= 11 is 0. The number of aliphatic hydroxyl groups is 8. The fourth-order valence-electron chi connectivity index (χ4n) is 5.47. The van der Waals surface area contributed by atoms with Crippen LogP contribution in [-0.2, 0) is 33.3 Å². The largest absolute Gasteiger partial charge is 0.481 e. The minimum atomic E-state index is -1.79. The van der Waals surface area contributed by atoms with Crippen molar-refractivity contribution in [3.8, 4) is 0 Å². The summed E-state index contributed by atoms with van der Waals surface area (Å²) in [5.74, 6) is -1.66. The van der Waals surface area contributed by atoms with Crippen LogP contribution in [-0.4, -0.2) is 151 Å². The third-order valence-electron chi connectivity index (χ3n) is 8.17. The van der Waals surface area contributed by atoms with E-state index in [4.69, 9.17) is 28.8 Å². The summed E-state index contributed by atoms with van der Waals surface area (Å²) in [6.07, 6.45) is -7.97. The van der Waals surface area contributed by atoms with Gasteiger partial charge in [0, 0.05) is 6.92 Å². The van der Waals surface area contributed by atoms with E-state index in [2.05, 4.69) is 0 Å². The molecule has 0 aromatic carbocycles. The highest BCUT2D eigenvalue weighted by molar-refractivity contribution is 5.67. The Morgan fingerprint density at radius 3 is 1.76 bits per heavy atom. The van der Waals surface area contributed by atoms with Crippen molar-refractivity contribution in [2.45, 2.75) is 158 Å². The van der Waals surface area contributed by atoms with Crippen molar-refractivity contribution in [2.24, 2.45) is 0 Å². The van der Waals surface area contributed by atoms with E-state index >= 15 is 0 Å². The van der Waals surface area contributed by atoms with E-state index in [1.807, 2.05) is 0 Å². The van der Waals surface area contributed by atoms with Crippen LogP contribution in [0.1, 0.15) is 84.0 Å². The molecule has 0 unspecified atom stereocenters. The highest BCUT2D eigenvalue weighted by Crippen LogP contribution is 2.30. The van der Waals surface area contributed by atoms with Crippen molar-refractivity contribution in [3.05, 3.63) is 0 Å². The van der Waals surface area contributed by atoms with Gasteiger partial charge >= 0.3 is 11.9 Å². The minimum absolute atomic E-state index is 0.214. The Bertz CT molecular complexity index is 861. The third kappa shape index (κ3) is 13.9. The van der Waals surface area contributed by atoms with Crippen molar-refractivity contribution in [3.63, 3.8) is 0 Å². The second kappa shape index (κ2) is 21.4. The highest BCUT2D eigenvalue weighted by atomic mass is 16.7. The van der Waals surface area contributed by atoms with Gasteiger partial charge in [-0.1, -0.05) is 57.8 Å². The number of aliphatic carboxylic acids is 1. The summed E-state index contributed by atoms with van der Waals surface area (Å²) in [5, 5.41) is 90.0. The number of unbranched alkanes of at least 4 members (excludes halogenated alkanes) is 8. The lowest BCUT2D eigenvalue weighted by atomic mass is 9.97. The van der Waals surface area contributed by atoms with Gasteiger partial charge in [0.25, 0.3) is 0 Å². The summed E-state index contributed by atoms with van der Waals surface area (Å²) in [5.41, 5.74) is 0. The van der Waals surface area contributed by atoms with E-state index in [0.29, 0.717) is 12.8 Å². The molecule has 16 heteroatoms. The van der Waals surface area contributed by atoms with Gasteiger partial charge in [-0.05, 0) is 12.8 Å². The number of rotatable bonds is 22. The SMILES string of the molecule is CC(=O)OC[C@H]1O[C@@H](OC[C@@H](O)CCCCCCCCCCC[C@@H](O)CC(=O)O)[C@H](O)[C@@H](O)[C@@H]1O[C@@H]1O[C@H](CO)[C@@H](O)[C@H](O)[C@H]1O. The van der Waals surface area contributed by atoms with Crippen LogP contribution in [0.4, 0.5) is 0 Å². The molecule has 0 aromatic heterocycles. The van der Waals surface area contributed by atoms with E-state index in [1.54, 1.807) is 0 Å². The molecule has 0 amide bonds. The quantitative estimate of drug-likeness (QED) is 0.0478. The molecule has 2 fully saturated rings. The molecule has 0 saturated carbocycles. The number of hydrogen-bond donors (Lipinski definition) is 9. The number of ether oxygens (including phenoxy) is 5. The van der Waals surface area contributed by atoms with E-state index in [0.717, 1.165) is 64.7 Å². The Morgan fingerprint density at radius 1 is 0.696 bits per heavy atom. The number of carbonyl (C=O) groups is 2. The Hall–Kier alpha value is -1.54. The van der Waals surface area contributed by atoms with Gasteiger partial charge in [-0.2, -0.15) is 0 Å². The van der Waals surface area contributed by atoms with E-state index < -0.39 is 98.8 Å². The fraction of sp³-hybridized carbons (Fsp3) is 0.933. The fourth-order valence-corrected chi connectivity index (χ4v) is 5.47. The monoisotopic (exact) mass is 670 g/mol. The molecule has 9 N–H and O–H groups in total. The zero-order chi connectivity index (χ0) is 34.2. The smallest absolute Gasteiger partial charge is 0.305 e. The van der Waals surface area contributed by atoms with Gasteiger partial charge in [-0.15, -0.1) is 0 Å². The molecule has 2 rings (SSSR count). The number of aliphatic hydroxyl groups excluding tert-OH is 8. The predicted molar refractivity (Wildman–Crippen MR) is 157 cm³/mol. The van der Waals surface area contributed by atoms with E-state index in [1.165, 1.54) is 0 Å². The van der Waals surface area contributed by atoms with E-state index in [9.17, 15) is 50.4 Å². The van der Waals surface area contributed by atoms with Crippen LogP contribution in [0.3, 0.4) is 0 Å². The average Bonchev–Trinajstić information content (AvgIpc) is 3.00. The van der Waals surface area contributed by atoms with Gasteiger partial charge < -0.3 is 69.6 Å². The van der Waals surface area contributed by atoms with Crippen LogP contribution in [0.15, 0.2) is 0 Å². The first kappa shape index (κ1) is 40.6. The maximum atomic E-state index is 11.5. The number of carbonyl (C=O) groups excluding carboxylic acids is 1. The molecule has 16 nitrogen and oxygen atoms in total. The lowest BCUT2D eigenvalue weighted by Crippen LogP contribution is -2.65. The van der Waals surface area contributed by atoms with Crippen LogP contribution >= 0.6 is 0 Å². The first-order chi connectivity index (χ1) is 21.8. The van der Waals surface area contributed by atoms with Crippen LogP contribution < -0.4 is 0 Å². The van der Waals surface area contributed by atoms with Crippen LogP contribution in [0.2, 0.25) is 0 Å². The molecule has 0 radical (unpaired) electrons. The van der Waals surface area contributed by atoms with Gasteiger partial charge in [0.1, 0.15) is 55.4 Å². The third-order valence-corrected chi connectivity index (χ3v) is 8.17. The van der Waals surface area contributed by atoms with E-state index in [-0.39, 0.29) is 13.0 Å². The first-order valence-electron chi connectivity index (χ1n) is 16.2. The maximum absolute atomic E-state index is 11.5. The Morgan fingerprint density at radius 2 is 1.22 bits per heavy atom. The summed E-state index contributed by atoms with van der Waals surface area (Å²) < 4.78 is 27.2. The Labute approximate surface area is 268 Å². The molecule has 0 aromatic rings. The molecular formula is C30H54O16. The highest BCUT2D eigenvalue weighted by Gasteiger charge is 2.51. The summed E-state index contributed by atoms with van der Waals surface area (Å²) in [4.78, 5) is 22.0. The Balaban J connectivity index is 1.72. The molecule has 46 heavy (non-hydrogen) atoms. The van der Waals surface area contributed by atoms with Gasteiger partial charge in [-0.3, -0.25) is 9.59 Å². The second-order valence-corrected chi connectivity index (χ2v) is 12.1. The normalized spacial score (nSPS) is 33.0. The van der Waals surface area contributed by atoms with Crippen molar-refractivity contribution in [1.82, 2.24) is 0 Å². The van der Waals surface area contributed by atoms with Crippen LogP contribution in [0.25, 0.3) is 0 Å². The number of carboxylic acid groups (broad SMARTS) is 1. The van der Waals surface area contributed by atoms with Crippen LogP contribution in [0, 0.1) is 0 Å². The zero-order valence-electron chi connectivity index (χ0n) is 26.4. The van der Waals surface area contributed by atoms with Crippen molar-refractivity contribution in [2.75, 3.05) is 19.8 Å². The predicted octanol–water partition coefficient (Wildman–Crippen LogP) is -1.31. The summed E-state index contributed by atoms with van der Waals surface area (Å²) in [6.45, 7) is -0.221. The van der Waals surface area contributed by atoms with Gasteiger partial charge in [-0.25, -0.2) is 0 Å². The second-order valence-electron chi connectivity index (χ2n) is 12.1. The minimum Gasteiger partial charge on any atom is -0.481 e. The topological polar surface area (TPSA) is 262 Å². The van der Waals surface area contributed by atoms with Crippen molar-refractivity contribution >= 4 is 11.9 Å². The van der Waals surface area contributed by atoms with Crippen LogP contribution in [0.5, 0.6) is 0 Å². The van der Waals surface area contributed by atoms with Gasteiger partial charge in [0.05, 0.1) is 31.8 Å². The molecule has 0 aliphatic carbocycles. The standard InChI is InChI=1S/C30H54O16/c1-17(32)42-16-21-28(46-30-26(40)24(38)23(37)20(14-31)44-30)25(39)27(41)29(45-21)43-15-19(34)12-10-8-6-4-2-3-5-7-9-11-18(33)13-22(35)36/h18-21,23-31,33-34,37-41H,2-16H2,1H3,(H,35,36)/t18-,19+,20-,21-,23-,24+,25-,26-,27-,28-,29-,30+/m1/s1. The molecule has 0 spiro atoms. The molecule has 2 aliphatic rings. The molecule has 0 bridgehead atoms. The van der Waals surface area contributed by atoms with Gasteiger partial charge in [0.2, 0.25) is 0 Å². The van der Waals surface area contributed by atoms with Crippen molar-refractivity contribution in [1.29, 1.82) is 0 Å². The maximum Gasteiger partial charge on any atom is 0.305 e.